The maximum absolute atomic E-state index is 12.1. The predicted octanol–water partition coefficient (Wildman–Crippen LogP) is 4.00. The molecule has 0 bridgehead atoms. The fraction of sp³-hybridized carbons (Fsp3) is 0.167. The van der Waals surface area contributed by atoms with E-state index in [1.54, 1.807) is 0 Å². The van der Waals surface area contributed by atoms with Crippen molar-refractivity contribution in [3.05, 3.63) is 81.2 Å². The van der Waals surface area contributed by atoms with E-state index in [-0.39, 0.29) is 5.63 Å². The largest absolute Gasteiger partial charge is 0.422 e. The third-order valence-electron chi connectivity index (χ3n) is 3.62. The standard InChI is InChI=1S/C18H16O2/c1-12-8-9-13(2)17-16(12)11-15(18(19)20-17)10-14-6-4-3-5-7-14/h3-9,11H,10H2,1-2H3. The monoisotopic (exact) mass is 264 g/mol. The molecule has 0 saturated carbocycles. The van der Waals surface area contributed by atoms with Crippen molar-refractivity contribution in [2.24, 2.45) is 0 Å². The molecule has 0 unspecified atom stereocenters. The van der Waals surface area contributed by atoms with Gasteiger partial charge in [0.15, 0.2) is 0 Å². The highest BCUT2D eigenvalue weighted by Crippen LogP contribution is 2.22. The van der Waals surface area contributed by atoms with Crippen molar-refractivity contribution in [1.29, 1.82) is 0 Å². The average Bonchev–Trinajstić information content (AvgIpc) is 2.46. The number of hydrogen-bond donors (Lipinski definition) is 0. The normalized spacial score (nSPS) is 10.9. The van der Waals surface area contributed by atoms with E-state index in [4.69, 9.17) is 4.42 Å². The molecule has 0 atom stereocenters. The molecule has 20 heavy (non-hydrogen) atoms. The molecule has 0 fully saturated rings. The summed E-state index contributed by atoms with van der Waals surface area (Å²) >= 11 is 0. The minimum Gasteiger partial charge on any atom is -0.422 e. The average molecular weight is 264 g/mol. The van der Waals surface area contributed by atoms with Gasteiger partial charge in [-0.3, -0.25) is 0 Å². The molecule has 2 heteroatoms. The number of aryl methyl sites for hydroxylation is 2. The van der Waals surface area contributed by atoms with Crippen molar-refractivity contribution in [2.45, 2.75) is 20.3 Å². The number of rotatable bonds is 2. The molecule has 0 saturated heterocycles. The van der Waals surface area contributed by atoms with E-state index in [0.717, 1.165) is 22.1 Å². The van der Waals surface area contributed by atoms with Gasteiger partial charge in [0.05, 0.1) is 0 Å². The van der Waals surface area contributed by atoms with Crippen LogP contribution in [0.5, 0.6) is 0 Å². The van der Waals surface area contributed by atoms with Gasteiger partial charge in [-0.1, -0.05) is 42.5 Å². The SMILES string of the molecule is Cc1ccc(C)c2oc(=O)c(Cc3ccccc3)cc12. The maximum Gasteiger partial charge on any atom is 0.339 e. The topological polar surface area (TPSA) is 30.2 Å². The highest BCUT2D eigenvalue weighted by molar-refractivity contribution is 5.83. The second-order valence-corrected chi connectivity index (χ2v) is 5.16. The summed E-state index contributed by atoms with van der Waals surface area (Å²) in [5, 5.41) is 1.02. The van der Waals surface area contributed by atoms with E-state index in [9.17, 15) is 4.79 Å². The molecule has 0 aliphatic carbocycles. The van der Waals surface area contributed by atoms with Crippen LogP contribution in [-0.4, -0.2) is 0 Å². The van der Waals surface area contributed by atoms with Crippen LogP contribution in [0.15, 0.2) is 57.7 Å². The zero-order valence-electron chi connectivity index (χ0n) is 11.6. The number of benzene rings is 2. The van der Waals surface area contributed by atoms with Gasteiger partial charge in [-0.05, 0) is 36.6 Å². The first kappa shape index (κ1) is 12.7. The molecule has 0 N–H and O–H groups in total. The van der Waals surface area contributed by atoms with Crippen LogP contribution in [0, 0.1) is 13.8 Å². The molecular weight excluding hydrogens is 248 g/mol. The van der Waals surface area contributed by atoms with Crippen LogP contribution in [0.25, 0.3) is 11.0 Å². The van der Waals surface area contributed by atoms with Crippen LogP contribution in [0.2, 0.25) is 0 Å². The van der Waals surface area contributed by atoms with Crippen molar-refractivity contribution in [2.75, 3.05) is 0 Å². The van der Waals surface area contributed by atoms with E-state index in [2.05, 4.69) is 6.07 Å². The predicted molar refractivity (Wildman–Crippen MR) is 81.2 cm³/mol. The van der Waals surface area contributed by atoms with E-state index < -0.39 is 0 Å². The van der Waals surface area contributed by atoms with Crippen LogP contribution >= 0.6 is 0 Å². The minimum absolute atomic E-state index is 0.241. The van der Waals surface area contributed by atoms with Crippen LogP contribution in [0.4, 0.5) is 0 Å². The second-order valence-electron chi connectivity index (χ2n) is 5.16. The third-order valence-corrected chi connectivity index (χ3v) is 3.62. The molecule has 0 aliphatic heterocycles. The number of fused-ring (bicyclic) bond motifs is 1. The molecule has 1 heterocycles. The molecule has 3 rings (SSSR count). The molecule has 2 aromatic carbocycles. The zero-order valence-corrected chi connectivity index (χ0v) is 11.6. The lowest BCUT2D eigenvalue weighted by atomic mass is 10.0. The Morgan fingerprint density at radius 2 is 1.65 bits per heavy atom. The molecule has 0 radical (unpaired) electrons. The van der Waals surface area contributed by atoms with Crippen molar-refractivity contribution in [1.82, 2.24) is 0 Å². The highest BCUT2D eigenvalue weighted by Gasteiger charge is 2.09. The summed E-state index contributed by atoms with van der Waals surface area (Å²) in [5.41, 5.74) is 4.40. The van der Waals surface area contributed by atoms with E-state index in [1.807, 2.05) is 56.3 Å². The fourth-order valence-corrected chi connectivity index (χ4v) is 2.45. The Bertz CT molecular complexity index is 814. The summed E-state index contributed by atoms with van der Waals surface area (Å²) in [4.78, 5) is 12.1. The van der Waals surface area contributed by atoms with Crippen LogP contribution < -0.4 is 5.63 Å². The Kier molecular flexibility index (Phi) is 3.15. The summed E-state index contributed by atoms with van der Waals surface area (Å²) in [5.74, 6) is 0. The second kappa shape index (κ2) is 4.97. The summed E-state index contributed by atoms with van der Waals surface area (Å²) in [6.45, 7) is 4.00. The molecule has 2 nitrogen and oxygen atoms in total. The van der Waals surface area contributed by atoms with E-state index in [1.165, 1.54) is 0 Å². The number of hydrogen-bond acceptors (Lipinski definition) is 2. The van der Waals surface area contributed by atoms with Crippen LogP contribution in [0.3, 0.4) is 0 Å². The van der Waals surface area contributed by atoms with Crippen molar-refractivity contribution in [3.63, 3.8) is 0 Å². The Labute approximate surface area is 117 Å². The molecule has 0 aliphatic rings. The smallest absolute Gasteiger partial charge is 0.339 e. The van der Waals surface area contributed by atoms with Gasteiger partial charge in [-0.25, -0.2) is 4.79 Å². The van der Waals surface area contributed by atoms with Gasteiger partial charge in [0.2, 0.25) is 0 Å². The first-order valence-electron chi connectivity index (χ1n) is 6.72. The Morgan fingerprint density at radius 1 is 0.950 bits per heavy atom. The van der Waals surface area contributed by atoms with Gasteiger partial charge in [0, 0.05) is 17.4 Å². The molecule has 0 spiro atoms. The molecule has 0 amide bonds. The maximum atomic E-state index is 12.1. The minimum atomic E-state index is -0.241. The summed E-state index contributed by atoms with van der Waals surface area (Å²) < 4.78 is 5.52. The van der Waals surface area contributed by atoms with Gasteiger partial charge in [0.1, 0.15) is 5.58 Å². The molecule has 1 aromatic heterocycles. The van der Waals surface area contributed by atoms with Crippen molar-refractivity contribution >= 4 is 11.0 Å². The summed E-state index contributed by atoms with van der Waals surface area (Å²) in [7, 11) is 0. The third kappa shape index (κ3) is 2.25. The van der Waals surface area contributed by atoms with Gasteiger partial charge in [-0.2, -0.15) is 0 Å². The summed E-state index contributed by atoms with van der Waals surface area (Å²) in [6.07, 6.45) is 0.604. The van der Waals surface area contributed by atoms with Crippen molar-refractivity contribution in [3.8, 4) is 0 Å². The Morgan fingerprint density at radius 3 is 2.40 bits per heavy atom. The Balaban J connectivity index is 2.15. The van der Waals surface area contributed by atoms with Crippen LogP contribution in [0.1, 0.15) is 22.3 Å². The Hall–Kier alpha value is -2.35. The van der Waals surface area contributed by atoms with Gasteiger partial charge < -0.3 is 4.42 Å². The zero-order chi connectivity index (χ0) is 14.1. The van der Waals surface area contributed by atoms with Crippen molar-refractivity contribution < 1.29 is 4.42 Å². The molecular formula is C18H16O2. The lowest BCUT2D eigenvalue weighted by Gasteiger charge is -2.07. The lowest BCUT2D eigenvalue weighted by molar-refractivity contribution is 0.550. The fourth-order valence-electron chi connectivity index (χ4n) is 2.45. The quantitative estimate of drug-likeness (QED) is 0.655. The van der Waals surface area contributed by atoms with Gasteiger partial charge >= 0.3 is 5.63 Å². The van der Waals surface area contributed by atoms with Gasteiger partial charge in [-0.15, -0.1) is 0 Å². The van der Waals surface area contributed by atoms with Crippen LogP contribution in [-0.2, 0) is 6.42 Å². The first-order chi connectivity index (χ1) is 9.65. The molecule has 100 valence electrons. The lowest BCUT2D eigenvalue weighted by Crippen LogP contribution is -2.08. The highest BCUT2D eigenvalue weighted by atomic mass is 16.4. The molecule has 3 aromatic rings. The van der Waals surface area contributed by atoms with Gasteiger partial charge in [0.25, 0.3) is 0 Å². The van der Waals surface area contributed by atoms with E-state index in [0.29, 0.717) is 17.6 Å². The summed E-state index contributed by atoms with van der Waals surface area (Å²) in [6, 6.07) is 16.0. The van der Waals surface area contributed by atoms with E-state index >= 15 is 0 Å². The first-order valence-corrected chi connectivity index (χ1v) is 6.72.